The number of carbonyl (C=O) groups is 2. The van der Waals surface area contributed by atoms with Crippen molar-refractivity contribution < 1.29 is 19.1 Å². The third-order valence-electron chi connectivity index (χ3n) is 5.42. The van der Waals surface area contributed by atoms with Crippen LogP contribution in [0.5, 0.6) is 11.5 Å². The topological polar surface area (TPSA) is 76.7 Å². The van der Waals surface area contributed by atoms with Gasteiger partial charge >= 0.3 is 0 Å². The monoisotopic (exact) mass is 454 g/mol. The van der Waals surface area contributed by atoms with Gasteiger partial charge in [-0.25, -0.2) is 0 Å². The molecule has 0 unspecified atom stereocenters. The van der Waals surface area contributed by atoms with Gasteiger partial charge in [0.1, 0.15) is 11.5 Å². The normalized spacial score (nSPS) is 10.5. The zero-order valence-electron chi connectivity index (χ0n) is 18.9. The molecule has 0 heterocycles. The molecule has 4 aromatic rings. The van der Waals surface area contributed by atoms with Crippen LogP contribution >= 0.6 is 0 Å². The first-order valence-electron chi connectivity index (χ1n) is 11.0. The average molecular weight is 455 g/mol. The van der Waals surface area contributed by atoms with Gasteiger partial charge in [-0.05, 0) is 34.5 Å². The van der Waals surface area contributed by atoms with E-state index >= 15 is 0 Å². The highest BCUT2D eigenvalue weighted by Gasteiger charge is 2.16. The molecular formula is C28H26N2O4. The Labute approximate surface area is 198 Å². The molecule has 0 aliphatic heterocycles. The van der Waals surface area contributed by atoms with Crippen molar-refractivity contribution in [1.82, 2.24) is 10.6 Å². The average Bonchev–Trinajstić information content (AvgIpc) is 2.89. The summed E-state index contributed by atoms with van der Waals surface area (Å²) in [6.45, 7) is 0.492. The number of carbonyl (C=O) groups excluding carboxylic acids is 2. The molecule has 2 N–H and O–H groups in total. The van der Waals surface area contributed by atoms with Crippen LogP contribution in [0.3, 0.4) is 0 Å². The largest absolute Gasteiger partial charge is 0.496 e. The van der Waals surface area contributed by atoms with Crippen molar-refractivity contribution in [1.29, 1.82) is 0 Å². The number of fused-ring (bicyclic) bond motifs is 1. The summed E-state index contributed by atoms with van der Waals surface area (Å²) in [4.78, 5) is 25.5. The minimum absolute atomic E-state index is 0.216. The Hall–Kier alpha value is -4.32. The molecule has 0 aromatic heterocycles. The first-order valence-corrected chi connectivity index (χ1v) is 11.0. The second-order valence-corrected chi connectivity index (χ2v) is 7.74. The third kappa shape index (κ3) is 5.72. The fourth-order valence-electron chi connectivity index (χ4n) is 3.63. The van der Waals surface area contributed by atoms with Crippen molar-refractivity contribution in [3.05, 3.63) is 108 Å². The zero-order valence-corrected chi connectivity index (χ0v) is 18.9. The molecule has 0 saturated carbocycles. The van der Waals surface area contributed by atoms with E-state index in [-0.39, 0.29) is 18.4 Å². The molecule has 0 saturated heterocycles. The maximum atomic E-state index is 13.0. The van der Waals surface area contributed by atoms with E-state index in [0.717, 1.165) is 21.9 Å². The molecule has 0 atom stereocenters. The lowest BCUT2D eigenvalue weighted by Gasteiger charge is -2.14. The molecule has 0 fully saturated rings. The number of hydrogen-bond donors (Lipinski definition) is 2. The summed E-state index contributed by atoms with van der Waals surface area (Å²) in [6, 6.07) is 28.5. The molecule has 6 nitrogen and oxygen atoms in total. The fraction of sp³-hybridized carbons (Fsp3) is 0.143. The number of nitrogens with one attached hydrogen (secondary N) is 2. The van der Waals surface area contributed by atoms with Crippen molar-refractivity contribution in [2.45, 2.75) is 13.1 Å². The zero-order chi connectivity index (χ0) is 23.8. The summed E-state index contributed by atoms with van der Waals surface area (Å²) < 4.78 is 11.1. The number of para-hydroxylation sites is 1. The minimum Gasteiger partial charge on any atom is -0.496 e. The van der Waals surface area contributed by atoms with E-state index in [2.05, 4.69) is 10.6 Å². The van der Waals surface area contributed by atoms with Gasteiger partial charge in [0.25, 0.3) is 11.8 Å². The summed E-state index contributed by atoms with van der Waals surface area (Å²) in [5.74, 6) is 0.501. The van der Waals surface area contributed by atoms with Gasteiger partial charge in [-0.15, -0.1) is 0 Å². The van der Waals surface area contributed by atoms with Crippen LogP contribution in [0.2, 0.25) is 0 Å². The molecule has 4 aromatic carbocycles. The molecule has 6 heteroatoms. The highest BCUT2D eigenvalue weighted by Crippen LogP contribution is 2.26. The molecule has 0 radical (unpaired) electrons. The SMILES string of the molecule is COc1ccccc1CNC(=O)COc1cc2ccccc2cc1C(=O)NCc1ccccc1. The van der Waals surface area contributed by atoms with Gasteiger partial charge in [-0.1, -0.05) is 72.8 Å². The lowest BCUT2D eigenvalue weighted by Crippen LogP contribution is -2.29. The van der Waals surface area contributed by atoms with Crippen LogP contribution < -0.4 is 20.1 Å². The molecule has 172 valence electrons. The highest BCUT2D eigenvalue weighted by atomic mass is 16.5. The van der Waals surface area contributed by atoms with Crippen LogP contribution in [0.4, 0.5) is 0 Å². The number of benzene rings is 4. The molecule has 0 bridgehead atoms. The predicted octanol–water partition coefficient (Wildman–Crippen LogP) is 4.47. The molecule has 4 rings (SSSR count). The van der Waals surface area contributed by atoms with Gasteiger partial charge in [0, 0.05) is 18.7 Å². The Morgan fingerprint density at radius 1 is 0.735 bits per heavy atom. The van der Waals surface area contributed by atoms with Crippen LogP contribution in [0.15, 0.2) is 91.0 Å². The highest BCUT2D eigenvalue weighted by molar-refractivity contribution is 6.01. The van der Waals surface area contributed by atoms with Gasteiger partial charge in [-0.3, -0.25) is 9.59 Å². The Morgan fingerprint density at radius 3 is 2.18 bits per heavy atom. The van der Waals surface area contributed by atoms with Crippen LogP contribution in [-0.4, -0.2) is 25.5 Å². The number of rotatable bonds is 9. The fourth-order valence-corrected chi connectivity index (χ4v) is 3.63. The summed E-state index contributed by atoms with van der Waals surface area (Å²) >= 11 is 0. The van der Waals surface area contributed by atoms with Crippen LogP contribution in [0.1, 0.15) is 21.5 Å². The van der Waals surface area contributed by atoms with E-state index < -0.39 is 0 Å². The Balaban J connectivity index is 1.45. The van der Waals surface area contributed by atoms with Gasteiger partial charge in [0.15, 0.2) is 6.61 Å². The number of amides is 2. The Morgan fingerprint density at radius 2 is 1.41 bits per heavy atom. The van der Waals surface area contributed by atoms with E-state index in [0.29, 0.717) is 30.2 Å². The van der Waals surface area contributed by atoms with Gasteiger partial charge in [0.2, 0.25) is 0 Å². The third-order valence-corrected chi connectivity index (χ3v) is 5.42. The van der Waals surface area contributed by atoms with Crippen molar-refractivity contribution >= 4 is 22.6 Å². The van der Waals surface area contributed by atoms with Crippen LogP contribution in [0.25, 0.3) is 10.8 Å². The number of methoxy groups -OCH3 is 1. The van der Waals surface area contributed by atoms with E-state index in [1.807, 2.05) is 78.9 Å². The molecule has 0 aliphatic carbocycles. The van der Waals surface area contributed by atoms with Crippen molar-refractivity contribution in [3.63, 3.8) is 0 Å². The van der Waals surface area contributed by atoms with Gasteiger partial charge in [0.05, 0.1) is 12.7 Å². The van der Waals surface area contributed by atoms with E-state index in [1.165, 1.54) is 0 Å². The molecule has 34 heavy (non-hydrogen) atoms. The van der Waals surface area contributed by atoms with Crippen molar-refractivity contribution in [2.75, 3.05) is 13.7 Å². The second-order valence-electron chi connectivity index (χ2n) is 7.74. The van der Waals surface area contributed by atoms with E-state index in [9.17, 15) is 9.59 Å². The smallest absolute Gasteiger partial charge is 0.258 e. The van der Waals surface area contributed by atoms with Crippen molar-refractivity contribution in [2.24, 2.45) is 0 Å². The molecular weight excluding hydrogens is 428 g/mol. The standard InChI is InChI=1S/C28H26N2O4/c1-33-25-14-8-7-13-23(25)18-29-27(31)19-34-26-16-22-12-6-5-11-21(22)15-24(26)28(32)30-17-20-9-3-2-4-10-20/h2-16H,17-19H2,1H3,(H,29,31)(H,30,32). The van der Waals surface area contributed by atoms with Crippen molar-refractivity contribution in [3.8, 4) is 11.5 Å². The van der Waals surface area contributed by atoms with Crippen LogP contribution in [0, 0.1) is 0 Å². The minimum atomic E-state index is -0.297. The maximum absolute atomic E-state index is 13.0. The summed E-state index contributed by atoms with van der Waals surface area (Å²) in [5.41, 5.74) is 2.24. The number of hydrogen-bond acceptors (Lipinski definition) is 4. The quantitative estimate of drug-likeness (QED) is 0.391. The van der Waals surface area contributed by atoms with Gasteiger partial charge < -0.3 is 20.1 Å². The molecule has 2 amide bonds. The van der Waals surface area contributed by atoms with Crippen LogP contribution in [-0.2, 0) is 17.9 Å². The summed E-state index contributed by atoms with van der Waals surface area (Å²) in [6.07, 6.45) is 0. The van der Waals surface area contributed by atoms with E-state index in [4.69, 9.17) is 9.47 Å². The number of ether oxygens (including phenoxy) is 2. The first kappa shape index (κ1) is 22.9. The van der Waals surface area contributed by atoms with Gasteiger partial charge in [-0.2, -0.15) is 0 Å². The molecule has 0 aliphatic rings. The first-order chi connectivity index (χ1) is 16.6. The lowest BCUT2D eigenvalue weighted by atomic mass is 10.1. The molecule has 0 spiro atoms. The summed E-state index contributed by atoms with van der Waals surface area (Å²) in [5, 5.41) is 7.61. The Bertz CT molecular complexity index is 1290. The van der Waals surface area contributed by atoms with E-state index in [1.54, 1.807) is 19.2 Å². The lowest BCUT2D eigenvalue weighted by molar-refractivity contribution is -0.123. The summed E-state index contributed by atoms with van der Waals surface area (Å²) in [7, 11) is 1.59. The Kier molecular flexibility index (Phi) is 7.40. The maximum Gasteiger partial charge on any atom is 0.258 e. The second kappa shape index (κ2) is 11.0. The predicted molar refractivity (Wildman–Crippen MR) is 132 cm³/mol.